The molecule has 5 heteroatoms. The molecule has 1 aromatic carbocycles. The fraction of sp³-hybridized carbons (Fsp3) is 0.125. The minimum absolute atomic E-state index is 0.0125. The lowest BCUT2D eigenvalue weighted by Gasteiger charge is -2.12. The first-order chi connectivity index (χ1) is 10.1. The molecule has 3 nitrogen and oxygen atoms in total. The number of aromatic nitrogens is 3. The maximum Gasteiger partial charge on any atom is 0.129 e. The van der Waals surface area contributed by atoms with Gasteiger partial charge in [0.05, 0.1) is 17.9 Å². The molecule has 0 fully saturated rings. The van der Waals surface area contributed by atoms with Gasteiger partial charge in [0, 0.05) is 11.8 Å². The molecule has 21 heavy (non-hydrogen) atoms. The first kappa shape index (κ1) is 13.8. The van der Waals surface area contributed by atoms with E-state index in [1.54, 1.807) is 24.4 Å². The van der Waals surface area contributed by atoms with E-state index in [1.165, 1.54) is 12.1 Å². The Labute approximate surface area is 127 Å². The summed E-state index contributed by atoms with van der Waals surface area (Å²) in [6.07, 6.45) is 3.66. The quantitative estimate of drug-likeness (QED) is 0.673. The van der Waals surface area contributed by atoms with Crippen molar-refractivity contribution in [2.45, 2.75) is 13.0 Å². The lowest BCUT2D eigenvalue weighted by Crippen LogP contribution is -2.06. The molecule has 2 aromatic heterocycles. The molecular formula is C16H13ClFN3. The van der Waals surface area contributed by atoms with Crippen molar-refractivity contribution in [2.75, 3.05) is 0 Å². The van der Waals surface area contributed by atoms with Crippen molar-refractivity contribution in [3.63, 3.8) is 0 Å². The number of benzene rings is 1. The van der Waals surface area contributed by atoms with Crippen molar-refractivity contribution in [3.05, 3.63) is 71.4 Å². The number of rotatable bonds is 3. The zero-order valence-electron chi connectivity index (χ0n) is 11.4. The highest BCUT2D eigenvalue weighted by Crippen LogP contribution is 2.22. The molecule has 0 aliphatic heterocycles. The third-order valence-corrected chi connectivity index (χ3v) is 3.57. The van der Waals surface area contributed by atoms with E-state index >= 15 is 0 Å². The van der Waals surface area contributed by atoms with Crippen molar-refractivity contribution >= 4 is 11.6 Å². The molecule has 0 saturated carbocycles. The highest BCUT2D eigenvalue weighted by atomic mass is 35.5. The van der Waals surface area contributed by atoms with Crippen LogP contribution in [0.25, 0.3) is 11.3 Å². The molecule has 1 atom stereocenters. The molecule has 0 amide bonds. The van der Waals surface area contributed by atoms with E-state index in [4.69, 9.17) is 11.6 Å². The second-order valence-corrected chi connectivity index (χ2v) is 5.17. The largest absolute Gasteiger partial charge is 0.265 e. The normalized spacial score (nSPS) is 12.3. The van der Waals surface area contributed by atoms with Crippen molar-refractivity contribution < 1.29 is 4.39 Å². The Balaban J connectivity index is 1.89. The van der Waals surface area contributed by atoms with E-state index < -0.39 is 0 Å². The highest BCUT2D eigenvalue weighted by Gasteiger charge is 2.11. The van der Waals surface area contributed by atoms with E-state index in [0.717, 1.165) is 16.8 Å². The van der Waals surface area contributed by atoms with Gasteiger partial charge in [-0.05, 0) is 36.8 Å². The fourth-order valence-electron chi connectivity index (χ4n) is 2.15. The standard InChI is InChI=1S/C16H13ClFN3/c1-11(12-5-7-14(18)8-6-12)21-10-13(9-19-21)15-3-2-4-16(17)20-15/h2-11H,1H3/t11-/m1/s1. The molecule has 0 N–H and O–H groups in total. The minimum atomic E-state index is -0.241. The van der Waals surface area contributed by atoms with Gasteiger partial charge in [-0.25, -0.2) is 9.37 Å². The van der Waals surface area contributed by atoms with E-state index in [-0.39, 0.29) is 11.9 Å². The Kier molecular flexibility index (Phi) is 3.71. The summed E-state index contributed by atoms with van der Waals surface area (Å²) in [5, 5.41) is 4.81. The van der Waals surface area contributed by atoms with Gasteiger partial charge in [0.15, 0.2) is 0 Å². The van der Waals surface area contributed by atoms with Gasteiger partial charge >= 0.3 is 0 Å². The predicted octanol–water partition coefficient (Wildman–Crippen LogP) is 4.35. The topological polar surface area (TPSA) is 30.7 Å². The van der Waals surface area contributed by atoms with Crippen molar-refractivity contribution in [2.24, 2.45) is 0 Å². The number of halogens is 2. The molecule has 0 radical (unpaired) electrons. The van der Waals surface area contributed by atoms with E-state index in [9.17, 15) is 4.39 Å². The van der Waals surface area contributed by atoms with Crippen LogP contribution in [0.2, 0.25) is 5.15 Å². The molecule has 0 aliphatic carbocycles. The third kappa shape index (κ3) is 2.95. The van der Waals surface area contributed by atoms with E-state index in [1.807, 2.05) is 29.9 Å². The van der Waals surface area contributed by atoms with Gasteiger partial charge in [-0.2, -0.15) is 5.10 Å². The number of pyridine rings is 1. The van der Waals surface area contributed by atoms with Gasteiger partial charge < -0.3 is 0 Å². The average molecular weight is 302 g/mol. The maximum absolute atomic E-state index is 13.0. The molecule has 0 spiro atoms. The van der Waals surface area contributed by atoms with Crippen LogP contribution in [0.15, 0.2) is 54.9 Å². The zero-order valence-corrected chi connectivity index (χ0v) is 12.1. The predicted molar refractivity (Wildman–Crippen MR) is 80.7 cm³/mol. The molecule has 2 heterocycles. The first-order valence-corrected chi connectivity index (χ1v) is 6.94. The Morgan fingerprint density at radius 1 is 1.14 bits per heavy atom. The SMILES string of the molecule is C[C@H](c1ccc(F)cc1)n1cc(-c2cccc(Cl)n2)cn1. The molecule has 0 aliphatic rings. The molecule has 3 aromatic rings. The Morgan fingerprint density at radius 3 is 2.62 bits per heavy atom. The Hall–Kier alpha value is -2.20. The van der Waals surface area contributed by atoms with Gasteiger partial charge in [0.1, 0.15) is 11.0 Å². The first-order valence-electron chi connectivity index (χ1n) is 6.56. The fourth-order valence-corrected chi connectivity index (χ4v) is 2.31. The highest BCUT2D eigenvalue weighted by molar-refractivity contribution is 6.29. The summed E-state index contributed by atoms with van der Waals surface area (Å²) in [5.41, 5.74) is 2.66. The number of nitrogens with zero attached hydrogens (tertiary/aromatic N) is 3. The van der Waals surface area contributed by atoms with Crippen LogP contribution < -0.4 is 0 Å². The zero-order chi connectivity index (χ0) is 14.8. The Bertz CT molecular complexity index is 752. The summed E-state index contributed by atoms with van der Waals surface area (Å²) in [5.74, 6) is -0.241. The summed E-state index contributed by atoms with van der Waals surface area (Å²) < 4.78 is 14.8. The van der Waals surface area contributed by atoms with Crippen LogP contribution in [0, 0.1) is 5.82 Å². The van der Waals surface area contributed by atoms with Gasteiger partial charge in [-0.1, -0.05) is 29.8 Å². The Morgan fingerprint density at radius 2 is 1.90 bits per heavy atom. The smallest absolute Gasteiger partial charge is 0.129 e. The van der Waals surface area contributed by atoms with Crippen LogP contribution in [0.5, 0.6) is 0 Å². The van der Waals surface area contributed by atoms with Crippen molar-refractivity contribution in [3.8, 4) is 11.3 Å². The van der Waals surface area contributed by atoms with E-state index in [0.29, 0.717) is 5.15 Å². The van der Waals surface area contributed by atoms with Gasteiger partial charge in [0.2, 0.25) is 0 Å². The van der Waals surface area contributed by atoms with Crippen molar-refractivity contribution in [1.29, 1.82) is 0 Å². The van der Waals surface area contributed by atoms with Crippen LogP contribution in [0.1, 0.15) is 18.5 Å². The van der Waals surface area contributed by atoms with Crippen LogP contribution >= 0.6 is 11.6 Å². The van der Waals surface area contributed by atoms with E-state index in [2.05, 4.69) is 10.1 Å². The third-order valence-electron chi connectivity index (χ3n) is 3.36. The molecule has 0 unspecified atom stereocenters. The van der Waals surface area contributed by atoms with Crippen LogP contribution in [0.4, 0.5) is 4.39 Å². The minimum Gasteiger partial charge on any atom is -0.265 e. The number of hydrogen-bond acceptors (Lipinski definition) is 2. The molecule has 0 bridgehead atoms. The van der Waals surface area contributed by atoms with Crippen molar-refractivity contribution in [1.82, 2.24) is 14.8 Å². The molecular weight excluding hydrogens is 289 g/mol. The molecule has 106 valence electrons. The summed E-state index contributed by atoms with van der Waals surface area (Å²) in [4.78, 5) is 4.26. The average Bonchev–Trinajstić information content (AvgIpc) is 2.97. The summed E-state index contributed by atoms with van der Waals surface area (Å²) >= 11 is 5.90. The molecule has 3 rings (SSSR count). The second kappa shape index (κ2) is 5.66. The van der Waals surface area contributed by atoms with Gasteiger partial charge in [0.25, 0.3) is 0 Å². The maximum atomic E-state index is 13.0. The molecule has 0 saturated heterocycles. The summed E-state index contributed by atoms with van der Waals surface area (Å²) in [6, 6.07) is 11.9. The summed E-state index contributed by atoms with van der Waals surface area (Å²) in [6.45, 7) is 2.01. The summed E-state index contributed by atoms with van der Waals surface area (Å²) in [7, 11) is 0. The lowest BCUT2D eigenvalue weighted by atomic mass is 10.1. The van der Waals surface area contributed by atoms with Crippen LogP contribution in [-0.4, -0.2) is 14.8 Å². The second-order valence-electron chi connectivity index (χ2n) is 4.78. The lowest BCUT2D eigenvalue weighted by molar-refractivity contribution is 0.561. The monoisotopic (exact) mass is 301 g/mol. The number of hydrogen-bond donors (Lipinski definition) is 0. The van der Waals surface area contributed by atoms with Gasteiger partial charge in [-0.3, -0.25) is 4.68 Å². The van der Waals surface area contributed by atoms with Crippen LogP contribution in [0.3, 0.4) is 0 Å². The van der Waals surface area contributed by atoms with Gasteiger partial charge in [-0.15, -0.1) is 0 Å². The van der Waals surface area contributed by atoms with Crippen LogP contribution in [-0.2, 0) is 0 Å².